The third-order valence-electron chi connectivity index (χ3n) is 9.22. The third-order valence-corrected chi connectivity index (χ3v) is 9.22. The SMILES string of the molecule is N#Cc1cc2c(cc1C#N)-c1nc-2nc2[n-]c(nc3nc(nc4[n-]c(n1)c1cc(C#N)c(C#N)cc41)-c1cc(C#N)c(C#N)cc1-3)c1cc(C#N)c(C#N)cc21.[Cu+2]. The minimum atomic E-state index is 0. The molecule has 0 atom stereocenters. The van der Waals surface area contributed by atoms with E-state index in [1.807, 2.05) is 48.6 Å². The van der Waals surface area contributed by atoms with Crippen LogP contribution in [0, 0.1) is 90.6 Å². The summed E-state index contributed by atoms with van der Waals surface area (Å²) >= 11 is 0. The van der Waals surface area contributed by atoms with Crippen molar-refractivity contribution in [2.75, 3.05) is 0 Å². The number of hydrogen-bond acceptors (Lipinski definition) is 14. The van der Waals surface area contributed by atoms with E-state index in [0.29, 0.717) is 43.8 Å². The third kappa shape index (κ3) is 5.14. The molecule has 259 valence electrons. The van der Waals surface area contributed by atoms with Gasteiger partial charge in [-0.3, -0.25) is 0 Å². The van der Waals surface area contributed by atoms with E-state index < -0.39 is 0 Å². The van der Waals surface area contributed by atoms with E-state index in [1.54, 1.807) is 0 Å². The summed E-state index contributed by atoms with van der Waals surface area (Å²) in [5, 5.41) is 80.5. The maximum absolute atomic E-state index is 9.90. The van der Waals surface area contributed by atoms with Gasteiger partial charge in [-0.1, -0.05) is 0 Å². The number of benzene rings is 4. The average molecular weight is 776 g/mol. The van der Waals surface area contributed by atoms with Crippen LogP contribution in [0.2, 0.25) is 0 Å². The van der Waals surface area contributed by atoms with Crippen molar-refractivity contribution in [1.82, 2.24) is 39.9 Å². The Morgan fingerprint density at radius 3 is 0.684 bits per heavy atom. The number of aromatic nitrogens is 8. The van der Waals surface area contributed by atoms with Gasteiger partial charge < -0.3 is 29.9 Å². The van der Waals surface area contributed by atoms with Gasteiger partial charge in [0, 0.05) is 44.8 Å². The molecule has 57 heavy (non-hydrogen) atoms. The molecule has 8 bridgehead atoms. The van der Waals surface area contributed by atoms with Crippen LogP contribution in [0.3, 0.4) is 0 Å². The molecule has 0 saturated carbocycles. The Balaban J connectivity index is 0.00000455. The molecule has 17 heteroatoms. The minimum absolute atomic E-state index is 0. The zero-order valence-electron chi connectivity index (χ0n) is 28.1. The quantitative estimate of drug-likeness (QED) is 0.181. The summed E-state index contributed by atoms with van der Waals surface area (Å²) in [5.41, 5.74) is 1.79. The second kappa shape index (κ2) is 13.0. The van der Waals surface area contributed by atoms with E-state index in [2.05, 4.69) is 0 Å². The number of nitrogens with zero attached hydrogens (tertiary/aromatic N) is 16. The second-order valence-electron chi connectivity index (χ2n) is 12.2. The Morgan fingerprint density at radius 2 is 0.491 bits per heavy atom. The fourth-order valence-corrected chi connectivity index (χ4v) is 6.58. The molecule has 4 aromatic carbocycles. The van der Waals surface area contributed by atoms with Crippen LogP contribution in [-0.4, -0.2) is 29.9 Å². The predicted molar refractivity (Wildman–Crippen MR) is 192 cm³/mol. The average Bonchev–Trinajstić information content (AvgIpc) is 3.95. The molecule has 5 heterocycles. The Bertz CT molecular complexity index is 3130. The van der Waals surface area contributed by atoms with Crippen molar-refractivity contribution in [3.8, 4) is 94.1 Å². The van der Waals surface area contributed by atoms with Gasteiger partial charge in [-0.15, -0.1) is 0 Å². The second-order valence-corrected chi connectivity index (χ2v) is 12.2. The van der Waals surface area contributed by atoms with Gasteiger partial charge >= 0.3 is 17.1 Å². The molecule has 0 amide bonds. The van der Waals surface area contributed by atoms with Gasteiger partial charge in [0.25, 0.3) is 0 Å². The molecule has 0 N–H and O–H groups in total. The normalized spacial score (nSPS) is 10.5. The van der Waals surface area contributed by atoms with Crippen LogP contribution in [0.1, 0.15) is 44.5 Å². The Morgan fingerprint density at radius 1 is 0.298 bits per heavy atom. The van der Waals surface area contributed by atoms with E-state index in [-0.39, 0.29) is 107 Å². The molecule has 2 aliphatic heterocycles. The molecule has 0 saturated heterocycles. The Hall–Kier alpha value is -9.32. The van der Waals surface area contributed by atoms with Crippen LogP contribution in [-0.2, 0) is 17.1 Å². The first-order valence-corrected chi connectivity index (χ1v) is 16.0. The van der Waals surface area contributed by atoms with E-state index in [9.17, 15) is 42.1 Å². The molecule has 2 aliphatic rings. The van der Waals surface area contributed by atoms with E-state index >= 15 is 0 Å². The molecule has 0 spiro atoms. The maximum Gasteiger partial charge on any atom is 2.00 e. The van der Waals surface area contributed by atoms with Crippen molar-refractivity contribution in [1.29, 1.82) is 42.1 Å². The Kier molecular flexibility index (Phi) is 7.90. The van der Waals surface area contributed by atoms with Crippen LogP contribution in [0.25, 0.3) is 89.7 Å². The standard InChI is InChI=1S/C40H8N16.Cu/c41-9-17-1-25-26(2-18(17)10-42)34-49-33(25)53-35-27-3-19(11-43)20(12-44)4-28(27)37(50-35)55-39-31-7-23(15-47)24(16-48)8-32(31)40(52-39)56-38-30-6-22(14-46)21(13-45)5-29(30)36(51-38)54-34;/h1-8H;/q-2;+2. The molecule has 9 rings (SSSR count). The molecule has 16 nitrogen and oxygen atoms in total. The largest absolute Gasteiger partial charge is 2.00 e. The molecule has 1 radical (unpaired) electrons. The van der Waals surface area contributed by atoms with Gasteiger partial charge in [0.2, 0.25) is 0 Å². The summed E-state index contributed by atoms with van der Waals surface area (Å²) < 4.78 is 0. The van der Waals surface area contributed by atoms with E-state index in [1.165, 1.54) is 48.5 Å². The summed E-state index contributed by atoms with van der Waals surface area (Å²) in [5.74, 6) is 0.140. The smallest absolute Gasteiger partial charge is 0.357 e. The summed E-state index contributed by atoms with van der Waals surface area (Å²) in [6.07, 6.45) is 0. The van der Waals surface area contributed by atoms with Gasteiger partial charge in [-0.2, -0.15) is 42.1 Å². The molecule has 0 fully saturated rings. The zero-order valence-corrected chi connectivity index (χ0v) is 29.0. The number of rotatable bonds is 0. The van der Waals surface area contributed by atoms with E-state index in [4.69, 9.17) is 39.9 Å². The molecular formula is C40H8CuN16. The van der Waals surface area contributed by atoms with Crippen molar-refractivity contribution in [3.05, 3.63) is 93.0 Å². The summed E-state index contributed by atoms with van der Waals surface area (Å²) in [6.45, 7) is 0. The van der Waals surface area contributed by atoms with E-state index in [0.717, 1.165) is 0 Å². The molecular weight excluding hydrogens is 768 g/mol. The van der Waals surface area contributed by atoms with Gasteiger partial charge in [0.1, 0.15) is 48.6 Å². The first kappa shape index (κ1) is 34.7. The zero-order chi connectivity index (χ0) is 38.8. The van der Waals surface area contributed by atoms with Crippen molar-refractivity contribution >= 4 is 44.1 Å². The first-order chi connectivity index (χ1) is 27.3. The number of fused-ring (bicyclic) bond motifs is 20. The van der Waals surface area contributed by atoms with Crippen LogP contribution < -0.4 is 9.97 Å². The van der Waals surface area contributed by atoms with Gasteiger partial charge in [-0.25, -0.2) is 9.97 Å². The van der Waals surface area contributed by atoms with Gasteiger partial charge in [0.15, 0.2) is 0 Å². The van der Waals surface area contributed by atoms with Crippen LogP contribution in [0.4, 0.5) is 0 Å². The fraction of sp³-hybridized carbons (Fsp3) is 0. The van der Waals surface area contributed by atoms with Crippen molar-refractivity contribution in [2.45, 2.75) is 0 Å². The first-order valence-electron chi connectivity index (χ1n) is 16.0. The van der Waals surface area contributed by atoms with Crippen LogP contribution in [0.5, 0.6) is 0 Å². The van der Waals surface area contributed by atoms with Gasteiger partial charge in [-0.05, 0) is 70.1 Å². The summed E-state index contributed by atoms with van der Waals surface area (Å²) in [6, 6.07) is 27.7. The predicted octanol–water partition coefficient (Wildman–Crippen LogP) is 5.10. The Labute approximate surface area is 329 Å². The molecule has 3 aromatic heterocycles. The summed E-state index contributed by atoms with van der Waals surface area (Å²) in [4.78, 5) is 37.9. The van der Waals surface area contributed by atoms with Gasteiger partial charge in [0.05, 0.1) is 67.8 Å². The topological polar surface area (TPSA) is 296 Å². The van der Waals surface area contributed by atoms with Crippen molar-refractivity contribution < 1.29 is 17.1 Å². The monoisotopic (exact) mass is 775 g/mol. The molecule has 0 aliphatic carbocycles. The van der Waals surface area contributed by atoms with Crippen LogP contribution >= 0.6 is 0 Å². The maximum atomic E-state index is 9.90. The number of hydrogen-bond donors (Lipinski definition) is 0. The summed E-state index contributed by atoms with van der Waals surface area (Å²) in [7, 11) is 0. The van der Waals surface area contributed by atoms with Crippen molar-refractivity contribution in [2.24, 2.45) is 0 Å². The minimum Gasteiger partial charge on any atom is -0.357 e. The number of nitriles is 8. The van der Waals surface area contributed by atoms with Crippen LogP contribution in [0.15, 0.2) is 48.5 Å². The van der Waals surface area contributed by atoms with Crippen molar-refractivity contribution in [3.63, 3.8) is 0 Å². The molecule has 7 aromatic rings. The fourth-order valence-electron chi connectivity index (χ4n) is 6.58. The molecule has 0 unspecified atom stereocenters.